The fourth-order valence-corrected chi connectivity index (χ4v) is 7.21. The molecular formula is C22H29N3O5S2. The lowest BCUT2D eigenvalue weighted by molar-refractivity contribution is -0.120. The quantitative estimate of drug-likeness (QED) is 0.653. The third kappa shape index (κ3) is 4.97. The molecule has 1 aliphatic carbocycles. The van der Waals surface area contributed by atoms with E-state index in [4.69, 9.17) is 4.74 Å². The maximum absolute atomic E-state index is 13.2. The van der Waals surface area contributed by atoms with Gasteiger partial charge in [0.15, 0.2) is 15.0 Å². The smallest absolute Gasteiger partial charge is 0.252 e. The monoisotopic (exact) mass is 479 g/mol. The predicted molar refractivity (Wildman–Crippen MR) is 123 cm³/mol. The van der Waals surface area contributed by atoms with Crippen LogP contribution in [0.15, 0.2) is 33.4 Å². The Morgan fingerprint density at radius 2 is 1.97 bits per heavy atom. The number of ether oxygens (including phenoxy) is 1. The molecule has 1 saturated heterocycles. The second kappa shape index (κ2) is 9.84. The third-order valence-electron chi connectivity index (χ3n) is 6.48. The molecule has 2 fully saturated rings. The van der Waals surface area contributed by atoms with Crippen molar-refractivity contribution in [3.8, 4) is 0 Å². The number of rotatable bonds is 7. The SMILES string of the molecule is Cc1cc(S(=O)(=O)C2CCCC2)cc(=O)n1[C@@H](CC1CCOCC1)C(=O)Nc1nccs1. The number of sulfone groups is 1. The molecule has 32 heavy (non-hydrogen) atoms. The number of aromatic nitrogens is 2. The first-order chi connectivity index (χ1) is 15.4. The molecule has 1 N–H and O–H groups in total. The van der Waals surface area contributed by atoms with Gasteiger partial charge in [0.25, 0.3) is 5.56 Å². The highest BCUT2D eigenvalue weighted by Crippen LogP contribution is 2.31. The highest BCUT2D eigenvalue weighted by atomic mass is 32.2. The summed E-state index contributed by atoms with van der Waals surface area (Å²) < 4.78 is 32.9. The minimum atomic E-state index is -3.55. The van der Waals surface area contributed by atoms with Crippen LogP contribution in [0.2, 0.25) is 0 Å². The van der Waals surface area contributed by atoms with Crippen LogP contribution < -0.4 is 10.9 Å². The normalized spacial score (nSPS) is 19.2. The number of aryl methyl sites for hydroxylation is 1. The molecule has 2 aromatic rings. The van der Waals surface area contributed by atoms with Gasteiger partial charge in [0.1, 0.15) is 6.04 Å². The van der Waals surface area contributed by atoms with Gasteiger partial charge < -0.3 is 14.6 Å². The van der Waals surface area contributed by atoms with E-state index in [0.29, 0.717) is 43.3 Å². The highest BCUT2D eigenvalue weighted by Gasteiger charge is 2.33. The lowest BCUT2D eigenvalue weighted by Gasteiger charge is -2.28. The van der Waals surface area contributed by atoms with Gasteiger partial charge in [0.05, 0.1) is 10.1 Å². The van der Waals surface area contributed by atoms with Crippen LogP contribution in [0.5, 0.6) is 0 Å². The van der Waals surface area contributed by atoms with Gasteiger partial charge in [-0.15, -0.1) is 11.3 Å². The summed E-state index contributed by atoms with van der Waals surface area (Å²) in [6.45, 7) is 2.97. The van der Waals surface area contributed by atoms with Gasteiger partial charge in [0, 0.05) is 36.6 Å². The standard InChI is InChI=1S/C22H29N3O5S2/c1-15-12-18(32(28,29)17-4-2-3-5-17)14-20(26)25(15)19(13-16-6-9-30-10-7-16)21(27)24-22-23-8-11-31-22/h8,11-12,14,16-17,19H,2-7,9-10,13H2,1H3,(H,23,24,27)/t19-/m0/s1. The highest BCUT2D eigenvalue weighted by molar-refractivity contribution is 7.92. The molecule has 0 unspecified atom stereocenters. The number of hydrogen-bond donors (Lipinski definition) is 1. The maximum Gasteiger partial charge on any atom is 0.252 e. The molecule has 174 valence electrons. The van der Waals surface area contributed by atoms with Crippen molar-refractivity contribution in [1.82, 2.24) is 9.55 Å². The number of amides is 1. The molecule has 1 amide bonds. The number of carbonyl (C=O) groups excluding carboxylic acids is 1. The molecule has 4 rings (SSSR count). The summed E-state index contributed by atoms with van der Waals surface area (Å²) in [7, 11) is -3.55. The molecule has 1 saturated carbocycles. The van der Waals surface area contributed by atoms with Crippen LogP contribution in [0, 0.1) is 12.8 Å². The first kappa shape index (κ1) is 23.1. The molecule has 2 aliphatic rings. The zero-order valence-corrected chi connectivity index (χ0v) is 19.8. The van der Waals surface area contributed by atoms with E-state index in [0.717, 1.165) is 25.7 Å². The number of carbonyl (C=O) groups is 1. The summed E-state index contributed by atoms with van der Waals surface area (Å²) in [5.74, 6) is -0.0768. The van der Waals surface area contributed by atoms with E-state index in [9.17, 15) is 18.0 Å². The zero-order valence-electron chi connectivity index (χ0n) is 18.2. The second-order valence-corrected chi connectivity index (χ2v) is 11.7. The van der Waals surface area contributed by atoms with Crippen molar-refractivity contribution in [2.45, 2.75) is 68.1 Å². The van der Waals surface area contributed by atoms with Crippen LogP contribution >= 0.6 is 11.3 Å². The van der Waals surface area contributed by atoms with Gasteiger partial charge in [-0.3, -0.25) is 9.59 Å². The summed E-state index contributed by atoms with van der Waals surface area (Å²) in [4.78, 5) is 30.6. The molecule has 10 heteroatoms. The topological polar surface area (TPSA) is 107 Å². The Morgan fingerprint density at radius 1 is 1.25 bits per heavy atom. The van der Waals surface area contributed by atoms with Crippen molar-refractivity contribution in [2.75, 3.05) is 18.5 Å². The van der Waals surface area contributed by atoms with Gasteiger partial charge >= 0.3 is 0 Å². The largest absolute Gasteiger partial charge is 0.381 e. The Balaban J connectivity index is 1.67. The van der Waals surface area contributed by atoms with E-state index in [1.54, 1.807) is 24.6 Å². The minimum Gasteiger partial charge on any atom is -0.381 e. The number of pyridine rings is 1. The molecule has 0 radical (unpaired) electrons. The van der Waals surface area contributed by atoms with Crippen molar-refractivity contribution in [3.05, 3.63) is 39.8 Å². The Kier molecular flexibility index (Phi) is 7.11. The molecule has 0 aromatic carbocycles. The van der Waals surface area contributed by atoms with Gasteiger partial charge in [-0.1, -0.05) is 12.8 Å². The summed E-state index contributed by atoms with van der Waals surface area (Å²) in [5, 5.41) is 4.62. The number of nitrogens with zero attached hydrogens (tertiary/aromatic N) is 2. The van der Waals surface area contributed by atoms with Crippen LogP contribution in [0.3, 0.4) is 0 Å². The molecule has 3 heterocycles. The van der Waals surface area contributed by atoms with Crippen LogP contribution in [0.4, 0.5) is 5.13 Å². The van der Waals surface area contributed by atoms with Crippen molar-refractivity contribution in [1.29, 1.82) is 0 Å². The van der Waals surface area contributed by atoms with E-state index in [-0.39, 0.29) is 16.7 Å². The first-order valence-electron chi connectivity index (χ1n) is 11.1. The Hall–Kier alpha value is -2.04. The van der Waals surface area contributed by atoms with Crippen molar-refractivity contribution in [2.24, 2.45) is 5.92 Å². The molecule has 2 aromatic heterocycles. The number of hydrogen-bond acceptors (Lipinski definition) is 7. The Morgan fingerprint density at radius 3 is 2.59 bits per heavy atom. The van der Waals surface area contributed by atoms with Gasteiger partial charge in [-0.05, 0) is 51.0 Å². The Labute approximate surface area is 191 Å². The molecule has 0 bridgehead atoms. The summed E-state index contributed by atoms with van der Waals surface area (Å²) in [6, 6.07) is 1.98. The van der Waals surface area contributed by atoms with Gasteiger partial charge in [0.2, 0.25) is 5.91 Å². The van der Waals surface area contributed by atoms with Gasteiger partial charge in [-0.25, -0.2) is 13.4 Å². The van der Waals surface area contributed by atoms with Crippen molar-refractivity contribution in [3.63, 3.8) is 0 Å². The molecular weight excluding hydrogens is 450 g/mol. The second-order valence-electron chi connectivity index (χ2n) is 8.63. The molecule has 8 nitrogen and oxygen atoms in total. The van der Waals surface area contributed by atoms with Crippen molar-refractivity contribution < 1.29 is 17.9 Å². The van der Waals surface area contributed by atoms with E-state index >= 15 is 0 Å². The number of nitrogens with one attached hydrogen (secondary N) is 1. The number of anilines is 1. The average Bonchev–Trinajstić information content (AvgIpc) is 3.48. The Bertz CT molecular complexity index is 1100. The number of thiazole rings is 1. The first-order valence-corrected chi connectivity index (χ1v) is 13.5. The molecule has 1 atom stereocenters. The van der Waals surface area contributed by atoms with E-state index in [2.05, 4.69) is 10.3 Å². The van der Waals surface area contributed by atoms with Crippen LogP contribution in [0.1, 0.15) is 56.7 Å². The summed E-state index contributed by atoms with van der Waals surface area (Å²) in [5.41, 5.74) is 0.00772. The summed E-state index contributed by atoms with van der Waals surface area (Å²) >= 11 is 1.31. The third-order valence-corrected chi connectivity index (χ3v) is 9.41. The van der Waals surface area contributed by atoms with E-state index in [1.807, 2.05) is 0 Å². The molecule has 0 spiro atoms. The van der Waals surface area contributed by atoms with Crippen LogP contribution in [-0.2, 0) is 19.4 Å². The molecule has 1 aliphatic heterocycles. The van der Waals surface area contributed by atoms with Crippen LogP contribution in [-0.4, -0.2) is 42.3 Å². The summed E-state index contributed by atoms with van der Waals surface area (Å²) in [6.07, 6.45) is 6.78. The lowest BCUT2D eigenvalue weighted by Crippen LogP contribution is -2.37. The van der Waals surface area contributed by atoms with Crippen molar-refractivity contribution >= 4 is 32.2 Å². The maximum atomic E-state index is 13.2. The predicted octanol–water partition coefficient (Wildman–Crippen LogP) is 3.33. The van der Waals surface area contributed by atoms with Gasteiger partial charge in [-0.2, -0.15) is 0 Å². The van der Waals surface area contributed by atoms with E-state index in [1.165, 1.54) is 22.0 Å². The zero-order chi connectivity index (χ0) is 22.7. The lowest BCUT2D eigenvalue weighted by atomic mass is 9.91. The average molecular weight is 480 g/mol. The minimum absolute atomic E-state index is 0.0632. The van der Waals surface area contributed by atoms with E-state index < -0.39 is 26.7 Å². The fourth-order valence-electron chi connectivity index (χ4n) is 4.74. The van der Waals surface area contributed by atoms with Crippen LogP contribution in [0.25, 0.3) is 0 Å². The fraction of sp³-hybridized carbons (Fsp3) is 0.591.